The molecule has 0 atom stereocenters. The highest BCUT2D eigenvalue weighted by Gasteiger charge is 2.13. The lowest BCUT2D eigenvalue weighted by Crippen LogP contribution is -2.43. The summed E-state index contributed by atoms with van der Waals surface area (Å²) in [5.41, 5.74) is 2.49. The van der Waals surface area contributed by atoms with Gasteiger partial charge in [0.25, 0.3) is 0 Å². The minimum Gasteiger partial charge on any atom is -0.373 e. The Bertz CT molecular complexity index is 560. The fourth-order valence-corrected chi connectivity index (χ4v) is 3.15. The smallest absolute Gasteiger partial charge is 0.243 e. The van der Waals surface area contributed by atoms with E-state index in [1.165, 1.54) is 17.3 Å². The Morgan fingerprint density at radius 3 is 2.41 bits per heavy atom. The van der Waals surface area contributed by atoms with Gasteiger partial charge in [-0.3, -0.25) is 4.79 Å². The van der Waals surface area contributed by atoms with Crippen LogP contribution < -0.4 is 15.5 Å². The molecule has 1 aromatic rings. The molecular formula is C21H36ClN4O+. The standard InChI is InChI=1S/C21H35ClN4O/c1-5-21(27)24-14-7-17-26(3,4)16-6-13-23-18-19-8-10-20(11-9-19)25(2)15-12-22/h5,8-11,23H,1,6-7,12-18H2,2-4H3/p+1. The van der Waals surface area contributed by atoms with Gasteiger partial charge in [-0.1, -0.05) is 18.7 Å². The van der Waals surface area contributed by atoms with Gasteiger partial charge in [0.15, 0.2) is 0 Å². The van der Waals surface area contributed by atoms with Crippen LogP contribution in [0.4, 0.5) is 5.69 Å². The van der Waals surface area contributed by atoms with Crippen molar-refractivity contribution >= 4 is 23.2 Å². The number of amides is 1. The third kappa shape index (κ3) is 10.4. The number of hydrogen-bond donors (Lipinski definition) is 2. The summed E-state index contributed by atoms with van der Waals surface area (Å²) >= 11 is 5.79. The first-order valence-corrected chi connectivity index (χ1v) is 10.2. The number of carbonyl (C=O) groups is 1. The van der Waals surface area contributed by atoms with Gasteiger partial charge in [0.2, 0.25) is 5.91 Å². The zero-order valence-corrected chi connectivity index (χ0v) is 17.9. The van der Waals surface area contributed by atoms with Crippen LogP contribution in [0.3, 0.4) is 0 Å². The molecule has 152 valence electrons. The van der Waals surface area contributed by atoms with E-state index < -0.39 is 0 Å². The minimum absolute atomic E-state index is 0.0942. The van der Waals surface area contributed by atoms with E-state index in [1.54, 1.807) is 0 Å². The second kappa shape index (κ2) is 12.8. The number of nitrogens with one attached hydrogen (secondary N) is 2. The number of nitrogens with zero attached hydrogens (tertiary/aromatic N) is 2. The number of rotatable bonds is 14. The number of anilines is 1. The molecule has 0 aliphatic heterocycles. The maximum Gasteiger partial charge on any atom is 0.243 e. The van der Waals surface area contributed by atoms with Crippen molar-refractivity contribution in [2.24, 2.45) is 0 Å². The summed E-state index contributed by atoms with van der Waals surface area (Å²) in [5.74, 6) is 0.543. The van der Waals surface area contributed by atoms with Gasteiger partial charge in [0.1, 0.15) is 0 Å². The van der Waals surface area contributed by atoms with Gasteiger partial charge in [0, 0.05) is 57.6 Å². The largest absolute Gasteiger partial charge is 0.373 e. The van der Waals surface area contributed by atoms with Crippen molar-refractivity contribution in [3.63, 3.8) is 0 Å². The normalized spacial score (nSPS) is 11.3. The van der Waals surface area contributed by atoms with Crippen LogP contribution in [0.25, 0.3) is 0 Å². The number of alkyl halides is 1. The maximum atomic E-state index is 11.1. The molecule has 0 aliphatic carbocycles. The van der Waals surface area contributed by atoms with E-state index in [-0.39, 0.29) is 5.91 Å². The van der Waals surface area contributed by atoms with Crippen LogP contribution in [0, 0.1) is 0 Å². The van der Waals surface area contributed by atoms with Crippen LogP contribution in [0.15, 0.2) is 36.9 Å². The molecule has 1 aromatic carbocycles. The molecule has 0 bridgehead atoms. The fourth-order valence-electron chi connectivity index (χ4n) is 2.89. The number of quaternary nitrogens is 1. The van der Waals surface area contributed by atoms with Crippen LogP contribution >= 0.6 is 11.6 Å². The average molecular weight is 396 g/mol. The van der Waals surface area contributed by atoms with Crippen LogP contribution in [0.2, 0.25) is 0 Å². The molecule has 1 amide bonds. The molecule has 5 nitrogen and oxygen atoms in total. The number of carbonyl (C=O) groups excluding carboxylic acids is 1. The Hall–Kier alpha value is -1.56. The van der Waals surface area contributed by atoms with E-state index in [0.717, 1.165) is 50.0 Å². The molecule has 0 fully saturated rings. The van der Waals surface area contributed by atoms with E-state index >= 15 is 0 Å². The molecule has 0 heterocycles. The fraction of sp³-hybridized carbons (Fsp3) is 0.571. The predicted octanol–water partition coefficient (Wildman–Crippen LogP) is 2.61. The lowest BCUT2D eigenvalue weighted by molar-refractivity contribution is -0.890. The summed E-state index contributed by atoms with van der Waals surface area (Å²) in [6, 6.07) is 8.64. The Labute approximate surface area is 170 Å². The second-order valence-corrected chi connectivity index (χ2v) is 7.92. The van der Waals surface area contributed by atoms with Gasteiger partial charge >= 0.3 is 0 Å². The first kappa shape index (κ1) is 23.5. The van der Waals surface area contributed by atoms with Gasteiger partial charge in [-0.2, -0.15) is 0 Å². The first-order valence-electron chi connectivity index (χ1n) is 9.67. The molecule has 1 rings (SSSR count). The van der Waals surface area contributed by atoms with Crippen molar-refractivity contribution < 1.29 is 9.28 Å². The molecule has 0 radical (unpaired) electrons. The van der Waals surface area contributed by atoms with Crippen molar-refractivity contribution in [3.8, 4) is 0 Å². The van der Waals surface area contributed by atoms with Gasteiger partial charge in [-0.15, -0.1) is 11.6 Å². The monoisotopic (exact) mass is 395 g/mol. The quantitative estimate of drug-likeness (QED) is 0.220. The number of hydrogen-bond acceptors (Lipinski definition) is 3. The van der Waals surface area contributed by atoms with Gasteiger partial charge < -0.3 is 20.0 Å². The molecular weight excluding hydrogens is 360 g/mol. The molecule has 0 aromatic heterocycles. The third-order valence-electron chi connectivity index (χ3n) is 4.67. The summed E-state index contributed by atoms with van der Waals surface area (Å²) < 4.78 is 0.966. The molecule has 0 saturated heterocycles. The summed E-state index contributed by atoms with van der Waals surface area (Å²) in [6.45, 7) is 9.08. The Morgan fingerprint density at radius 2 is 1.81 bits per heavy atom. The summed E-state index contributed by atoms with van der Waals surface area (Å²) in [7, 11) is 6.54. The van der Waals surface area contributed by atoms with E-state index in [2.05, 4.69) is 67.5 Å². The molecule has 2 N–H and O–H groups in total. The maximum absolute atomic E-state index is 11.1. The summed E-state index contributed by atoms with van der Waals surface area (Å²) in [6.07, 6.45) is 3.42. The Morgan fingerprint density at radius 1 is 1.19 bits per heavy atom. The highest BCUT2D eigenvalue weighted by Crippen LogP contribution is 2.13. The summed E-state index contributed by atoms with van der Waals surface area (Å²) in [4.78, 5) is 13.3. The molecule has 6 heteroatoms. The zero-order valence-electron chi connectivity index (χ0n) is 17.1. The molecule has 0 saturated carbocycles. The zero-order chi connectivity index (χ0) is 20.1. The third-order valence-corrected chi connectivity index (χ3v) is 4.84. The minimum atomic E-state index is -0.0942. The van der Waals surface area contributed by atoms with Gasteiger partial charge in [-0.05, 0) is 23.8 Å². The van der Waals surface area contributed by atoms with E-state index in [0.29, 0.717) is 12.4 Å². The highest BCUT2D eigenvalue weighted by molar-refractivity contribution is 6.18. The Kier molecular flexibility index (Phi) is 11.1. The predicted molar refractivity (Wildman–Crippen MR) is 116 cm³/mol. The molecule has 27 heavy (non-hydrogen) atoms. The van der Waals surface area contributed by atoms with Crippen LogP contribution in [-0.4, -0.2) is 70.1 Å². The van der Waals surface area contributed by atoms with Gasteiger partial charge in [0.05, 0.1) is 27.2 Å². The lowest BCUT2D eigenvalue weighted by atomic mass is 10.2. The SMILES string of the molecule is C=CC(=O)NCCC[N+](C)(C)CCCNCc1ccc(N(C)CCCl)cc1. The molecule has 0 aliphatic rings. The van der Waals surface area contributed by atoms with Crippen molar-refractivity contribution in [1.82, 2.24) is 10.6 Å². The topological polar surface area (TPSA) is 44.4 Å². The van der Waals surface area contributed by atoms with E-state index in [4.69, 9.17) is 11.6 Å². The molecule has 0 spiro atoms. The van der Waals surface area contributed by atoms with Crippen LogP contribution in [0.5, 0.6) is 0 Å². The van der Waals surface area contributed by atoms with Crippen LogP contribution in [-0.2, 0) is 11.3 Å². The van der Waals surface area contributed by atoms with Crippen molar-refractivity contribution in [1.29, 1.82) is 0 Å². The average Bonchev–Trinajstić information content (AvgIpc) is 2.65. The second-order valence-electron chi connectivity index (χ2n) is 7.54. The van der Waals surface area contributed by atoms with Crippen molar-refractivity contribution in [3.05, 3.63) is 42.5 Å². The van der Waals surface area contributed by atoms with Crippen LogP contribution in [0.1, 0.15) is 18.4 Å². The van der Waals surface area contributed by atoms with Crippen molar-refractivity contribution in [2.75, 3.05) is 64.6 Å². The van der Waals surface area contributed by atoms with Gasteiger partial charge in [-0.25, -0.2) is 0 Å². The van der Waals surface area contributed by atoms with Crippen molar-refractivity contribution in [2.45, 2.75) is 19.4 Å². The lowest BCUT2D eigenvalue weighted by Gasteiger charge is -2.30. The summed E-state index contributed by atoms with van der Waals surface area (Å²) in [5, 5.41) is 6.35. The van der Waals surface area contributed by atoms with E-state index in [9.17, 15) is 4.79 Å². The molecule has 0 unspecified atom stereocenters. The number of benzene rings is 1. The Balaban J connectivity index is 2.18. The number of halogens is 1. The highest BCUT2D eigenvalue weighted by atomic mass is 35.5. The van der Waals surface area contributed by atoms with E-state index in [1.807, 2.05) is 0 Å². The first-order chi connectivity index (χ1) is 12.9.